The SMILES string of the molecule is Fc1cc(OCCCC(F)(F)F)ncn1. The molecule has 7 heteroatoms. The highest BCUT2D eigenvalue weighted by Crippen LogP contribution is 2.21. The van der Waals surface area contributed by atoms with E-state index >= 15 is 0 Å². The molecule has 0 aromatic carbocycles. The molecule has 0 aliphatic heterocycles. The van der Waals surface area contributed by atoms with E-state index < -0.39 is 18.5 Å². The standard InChI is InChI=1S/C8H8F4N2O/c9-6-4-7(14-5-13-6)15-3-1-2-8(10,11)12/h4-5H,1-3H2. The Morgan fingerprint density at radius 3 is 2.60 bits per heavy atom. The van der Waals surface area contributed by atoms with Crippen molar-refractivity contribution in [2.75, 3.05) is 6.61 Å². The van der Waals surface area contributed by atoms with Gasteiger partial charge in [0, 0.05) is 6.42 Å². The van der Waals surface area contributed by atoms with Crippen molar-refractivity contribution in [3.05, 3.63) is 18.3 Å². The summed E-state index contributed by atoms with van der Waals surface area (Å²) in [6, 6.07) is 0.910. The van der Waals surface area contributed by atoms with Crippen LogP contribution in [0.4, 0.5) is 17.6 Å². The van der Waals surface area contributed by atoms with Crippen LogP contribution in [0.15, 0.2) is 12.4 Å². The molecule has 15 heavy (non-hydrogen) atoms. The summed E-state index contributed by atoms with van der Waals surface area (Å²) in [6.07, 6.45) is -4.37. The van der Waals surface area contributed by atoms with Gasteiger partial charge in [-0.3, -0.25) is 0 Å². The van der Waals surface area contributed by atoms with Gasteiger partial charge in [-0.1, -0.05) is 0 Å². The van der Waals surface area contributed by atoms with Crippen LogP contribution in [0.2, 0.25) is 0 Å². The van der Waals surface area contributed by atoms with Gasteiger partial charge in [0.2, 0.25) is 11.8 Å². The molecule has 1 heterocycles. The smallest absolute Gasteiger partial charge is 0.389 e. The van der Waals surface area contributed by atoms with E-state index in [-0.39, 0.29) is 18.9 Å². The van der Waals surface area contributed by atoms with Crippen molar-refractivity contribution >= 4 is 0 Å². The third-order valence-electron chi connectivity index (χ3n) is 1.46. The number of halogens is 4. The minimum absolute atomic E-state index is 0.0651. The molecule has 0 saturated heterocycles. The molecule has 1 aromatic heterocycles. The Hall–Kier alpha value is -1.40. The third-order valence-corrected chi connectivity index (χ3v) is 1.46. The van der Waals surface area contributed by atoms with Crippen molar-refractivity contribution in [3.8, 4) is 5.88 Å². The maximum Gasteiger partial charge on any atom is 0.389 e. The molecule has 0 bridgehead atoms. The average Bonchev–Trinajstić information content (AvgIpc) is 2.11. The van der Waals surface area contributed by atoms with Gasteiger partial charge in [-0.25, -0.2) is 9.97 Å². The molecule has 0 aliphatic carbocycles. The predicted molar refractivity (Wildman–Crippen MR) is 42.8 cm³/mol. The molecule has 1 aromatic rings. The number of nitrogens with zero attached hydrogens (tertiary/aromatic N) is 2. The summed E-state index contributed by atoms with van der Waals surface area (Å²) in [5.74, 6) is -0.847. The Bertz CT molecular complexity index is 316. The molecule has 3 nitrogen and oxygen atoms in total. The first-order chi connectivity index (χ1) is 6.97. The molecule has 0 amide bonds. The zero-order valence-corrected chi connectivity index (χ0v) is 7.59. The molecule has 1 rings (SSSR count). The van der Waals surface area contributed by atoms with Gasteiger partial charge in [0.25, 0.3) is 0 Å². The quantitative estimate of drug-likeness (QED) is 0.447. The number of alkyl halides is 3. The number of hydrogen-bond donors (Lipinski definition) is 0. The molecule has 0 radical (unpaired) electrons. The molecule has 0 fully saturated rings. The highest BCUT2D eigenvalue weighted by molar-refractivity contribution is 5.05. The van der Waals surface area contributed by atoms with Crippen molar-refractivity contribution in [1.82, 2.24) is 9.97 Å². The van der Waals surface area contributed by atoms with E-state index in [0.717, 1.165) is 12.4 Å². The lowest BCUT2D eigenvalue weighted by molar-refractivity contribution is -0.136. The number of aromatic nitrogens is 2. The maximum absolute atomic E-state index is 12.5. The minimum Gasteiger partial charge on any atom is -0.478 e. The fraction of sp³-hybridized carbons (Fsp3) is 0.500. The third kappa shape index (κ3) is 5.14. The Labute approximate surface area is 83.1 Å². The summed E-state index contributed by atoms with van der Waals surface area (Å²) in [5, 5.41) is 0. The van der Waals surface area contributed by atoms with Gasteiger partial charge >= 0.3 is 6.18 Å². The highest BCUT2D eigenvalue weighted by Gasteiger charge is 2.26. The van der Waals surface area contributed by atoms with Gasteiger partial charge in [-0.2, -0.15) is 17.6 Å². The molecule has 0 unspecified atom stereocenters. The Kier molecular flexibility index (Phi) is 3.81. The van der Waals surface area contributed by atoms with Crippen molar-refractivity contribution in [2.24, 2.45) is 0 Å². The summed E-state index contributed by atoms with van der Waals surface area (Å²) < 4.78 is 52.4. The zero-order valence-electron chi connectivity index (χ0n) is 7.59. The van der Waals surface area contributed by atoms with Crippen molar-refractivity contribution < 1.29 is 22.3 Å². The minimum atomic E-state index is -4.19. The second-order valence-corrected chi connectivity index (χ2v) is 2.75. The zero-order chi connectivity index (χ0) is 11.3. The number of rotatable bonds is 4. The lowest BCUT2D eigenvalue weighted by atomic mass is 10.3. The first-order valence-corrected chi connectivity index (χ1v) is 4.14. The first-order valence-electron chi connectivity index (χ1n) is 4.14. The summed E-state index contributed by atoms with van der Waals surface area (Å²) in [7, 11) is 0. The number of ether oxygens (including phenoxy) is 1. The molecule has 84 valence electrons. The van der Waals surface area contributed by atoms with E-state index in [2.05, 4.69) is 9.97 Å². The van der Waals surface area contributed by atoms with Crippen molar-refractivity contribution in [2.45, 2.75) is 19.0 Å². The van der Waals surface area contributed by atoms with E-state index in [9.17, 15) is 17.6 Å². The van der Waals surface area contributed by atoms with Gasteiger partial charge in [0.05, 0.1) is 12.7 Å². The molecule has 0 saturated carbocycles. The number of hydrogen-bond acceptors (Lipinski definition) is 3. The van der Waals surface area contributed by atoms with Crippen LogP contribution in [0.25, 0.3) is 0 Å². The fourth-order valence-corrected chi connectivity index (χ4v) is 0.846. The summed E-state index contributed by atoms with van der Waals surface area (Å²) >= 11 is 0. The molecule has 0 atom stereocenters. The fourth-order valence-electron chi connectivity index (χ4n) is 0.846. The maximum atomic E-state index is 12.5. The van der Waals surface area contributed by atoms with Gasteiger partial charge in [-0.05, 0) is 6.42 Å². The largest absolute Gasteiger partial charge is 0.478 e. The van der Waals surface area contributed by atoms with Gasteiger partial charge in [0.15, 0.2) is 0 Å². The highest BCUT2D eigenvalue weighted by atomic mass is 19.4. The summed E-state index contributed by atoms with van der Waals surface area (Å²) in [5.41, 5.74) is 0. The average molecular weight is 224 g/mol. The monoisotopic (exact) mass is 224 g/mol. The first kappa shape index (κ1) is 11.7. The van der Waals surface area contributed by atoms with Crippen LogP contribution in [0.5, 0.6) is 5.88 Å². The molecular weight excluding hydrogens is 216 g/mol. The second-order valence-electron chi connectivity index (χ2n) is 2.75. The van der Waals surface area contributed by atoms with Crippen LogP contribution in [-0.4, -0.2) is 22.8 Å². The Morgan fingerprint density at radius 1 is 1.27 bits per heavy atom. The Balaban J connectivity index is 2.26. The molecule has 0 N–H and O–H groups in total. The lowest BCUT2D eigenvalue weighted by Crippen LogP contribution is -2.10. The molecular formula is C8H8F4N2O. The topological polar surface area (TPSA) is 35.0 Å². The van der Waals surface area contributed by atoms with Crippen LogP contribution >= 0.6 is 0 Å². The van der Waals surface area contributed by atoms with Crippen LogP contribution in [0.3, 0.4) is 0 Å². The van der Waals surface area contributed by atoms with E-state index in [1.54, 1.807) is 0 Å². The van der Waals surface area contributed by atoms with Crippen LogP contribution < -0.4 is 4.74 Å². The van der Waals surface area contributed by atoms with E-state index in [1.165, 1.54) is 0 Å². The molecule has 0 aliphatic rings. The Morgan fingerprint density at radius 2 is 2.00 bits per heavy atom. The van der Waals surface area contributed by atoms with Gasteiger partial charge in [0.1, 0.15) is 6.33 Å². The van der Waals surface area contributed by atoms with Crippen LogP contribution in [0.1, 0.15) is 12.8 Å². The normalized spacial score (nSPS) is 11.5. The summed E-state index contributed by atoms with van der Waals surface area (Å²) in [6.45, 7) is -0.157. The lowest BCUT2D eigenvalue weighted by Gasteiger charge is -2.06. The van der Waals surface area contributed by atoms with E-state index in [1.807, 2.05) is 0 Å². The van der Waals surface area contributed by atoms with E-state index in [4.69, 9.17) is 4.74 Å². The molecule has 0 spiro atoms. The predicted octanol–water partition coefficient (Wildman–Crippen LogP) is 2.34. The summed E-state index contributed by atoms with van der Waals surface area (Å²) in [4.78, 5) is 6.69. The second kappa shape index (κ2) is 4.90. The van der Waals surface area contributed by atoms with Gasteiger partial charge < -0.3 is 4.74 Å². The van der Waals surface area contributed by atoms with Crippen molar-refractivity contribution in [3.63, 3.8) is 0 Å². The van der Waals surface area contributed by atoms with E-state index in [0.29, 0.717) is 0 Å². The van der Waals surface area contributed by atoms with Crippen LogP contribution in [-0.2, 0) is 0 Å². The van der Waals surface area contributed by atoms with Crippen molar-refractivity contribution in [1.29, 1.82) is 0 Å². The van der Waals surface area contributed by atoms with Gasteiger partial charge in [-0.15, -0.1) is 0 Å². The van der Waals surface area contributed by atoms with Crippen LogP contribution in [0, 0.1) is 5.95 Å².